The normalized spacial score (nSPS) is 22.1. The summed E-state index contributed by atoms with van der Waals surface area (Å²) in [5, 5.41) is 17.9. The molecule has 0 spiro atoms. The van der Waals surface area contributed by atoms with E-state index in [1.54, 1.807) is 37.3 Å². The van der Waals surface area contributed by atoms with Gasteiger partial charge in [0.1, 0.15) is 5.69 Å². The molecule has 2 atom stereocenters. The lowest BCUT2D eigenvalue weighted by Crippen LogP contribution is -2.39. The van der Waals surface area contributed by atoms with Crippen LogP contribution < -0.4 is 4.90 Å². The molecule has 22 heavy (non-hydrogen) atoms. The van der Waals surface area contributed by atoms with E-state index in [-0.39, 0.29) is 10.6 Å². The van der Waals surface area contributed by atoms with Gasteiger partial charge in [0.2, 0.25) is 0 Å². The Morgan fingerprint density at radius 1 is 1.32 bits per heavy atom. The number of rotatable bonds is 4. The van der Waals surface area contributed by atoms with Crippen molar-refractivity contribution in [3.8, 4) is 0 Å². The van der Waals surface area contributed by atoms with Crippen molar-refractivity contribution in [2.45, 2.75) is 45.2 Å². The lowest BCUT2D eigenvalue weighted by atomic mass is 10.00. The number of nitro groups is 1. The third-order valence-corrected chi connectivity index (χ3v) is 4.17. The van der Waals surface area contributed by atoms with E-state index >= 15 is 0 Å². The Morgan fingerprint density at radius 2 is 1.95 bits per heavy atom. The van der Waals surface area contributed by atoms with Crippen molar-refractivity contribution >= 4 is 17.6 Å². The van der Waals surface area contributed by atoms with Crippen LogP contribution >= 0.6 is 0 Å². The fraction of sp³-hybridized carbons (Fsp3) is 0.562. The topological polar surface area (TPSA) is 62.0 Å². The highest BCUT2D eigenvalue weighted by molar-refractivity contribution is 5.83. The summed E-state index contributed by atoms with van der Waals surface area (Å²) in [7, 11) is 3.60. The fourth-order valence-electron chi connectivity index (χ4n) is 2.91. The maximum Gasteiger partial charge on any atom is 0.293 e. The van der Waals surface area contributed by atoms with Crippen molar-refractivity contribution < 1.29 is 4.92 Å². The summed E-state index contributed by atoms with van der Waals surface area (Å²) in [6.45, 7) is 4.34. The molecule has 1 aromatic carbocycles. The van der Waals surface area contributed by atoms with Gasteiger partial charge in [-0.15, -0.1) is 0 Å². The second-order valence-electron chi connectivity index (χ2n) is 6.15. The van der Waals surface area contributed by atoms with Gasteiger partial charge in [0.05, 0.1) is 11.1 Å². The molecule has 2 rings (SSSR count). The summed E-state index contributed by atoms with van der Waals surface area (Å²) in [4.78, 5) is 12.6. The molecule has 0 N–H and O–H groups in total. The molecule has 0 saturated carbocycles. The van der Waals surface area contributed by atoms with E-state index in [9.17, 15) is 10.1 Å². The maximum absolute atomic E-state index is 11.2. The largest absolute Gasteiger partial charge is 0.372 e. The molecule has 1 saturated heterocycles. The van der Waals surface area contributed by atoms with Crippen LogP contribution in [0.25, 0.3) is 0 Å². The average Bonchev–Trinajstić information content (AvgIpc) is 2.46. The Hall–Kier alpha value is -2.11. The zero-order valence-electron chi connectivity index (χ0n) is 13.7. The fourth-order valence-corrected chi connectivity index (χ4v) is 2.91. The van der Waals surface area contributed by atoms with Crippen molar-refractivity contribution in [3.05, 3.63) is 33.9 Å². The van der Waals surface area contributed by atoms with Gasteiger partial charge in [-0.1, -0.05) is 6.07 Å². The Labute approximate surface area is 131 Å². The number of nitrogens with zero attached hydrogens (tertiary/aromatic N) is 4. The van der Waals surface area contributed by atoms with Crippen LogP contribution in [0.5, 0.6) is 0 Å². The summed E-state index contributed by atoms with van der Waals surface area (Å²) in [6.07, 6.45) is 5.24. The first-order chi connectivity index (χ1) is 10.4. The Morgan fingerprint density at radius 3 is 2.50 bits per heavy atom. The maximum atomic E-state index is 11.2. The number of anilines is 1. The molecule has 0 aromatic heterocycles. The van der Waals surface area contributed by atoms with E-state index in [4.69, 9.17) is 0 Å². The van der Waals surface area contributed by atoms with E-state index in [0.717, 1.165) is 18.4 Å². The minimum atomic E-state index is -0.348. The zero-order chi connectivity index (χ0) is 16.3. The second-order valence-corrected chi connectivity index (χ2v) is 6.15. The van der Waals surface area contributed by atoms with Crippen LogP contribution in [-0.2, 0) is 0 Å². The van der Waals surface area contributed by atoms with Crippen LogP contribution in [0, 0.1) is 10.1 Å². The first kappa shape index (κ1) is 16.3. The zero-order valence-corrected chi connectivity index (χ0v) is 13.7. The number of piperidine rings is 1. The molecule has 1 fully saturated rings. The summed E-state index contributed by atoms with van der Waals surface area (Å²) >= 11 is 0. The Bertz CT molecular complexity index is 561. The van der Waals surface area contributed by atoms with E-state index < -0.39 is 0 Å². The third kappa shape index (κ3) is 3.55. The molecule has 6 heteroatoms. The smallest absolute Gasteiger partial charge is 0.293 e. The molecule has 6 nitrogen and oxygen atoms in total. The van der Waals surface area contributed by atoms with Gasteiger partial charge in [0.15, 0.2) is 0 Å². The van der Waals surface area contributed by atoms with Gasteiger partial charge in [-0.3, -0.25) is 15.1 Å². The van der Waals surface area contributed by atoms with Gasteiger partial charge < -0.3 is 4.90 Å². The van der Waals surface area contributed by atoms with Crippen molar-refractivity contribution in [2.75, 3.05) is 19.0 Å². The highest BCUT2D eigenvalue weighted by Gasteiger charge is 2.23. The molecule has 120 valence electrons. The van der Waals surface area contributed by atoms with Crippen molar-refractivity contribution in [3.63, 3.8) is 0 Å². The minimum Gasteiger partial charge on any atom is -0.372 e. The van der Waals surface area contributed by atoms with Gasteiger partial charge in [0.25, 0.3) is 5.69 Å². The van der Waals surface area contributed by atoms with E-state index in [0.29, 0.717) is 17.8 Å². The SMILES string of the molecule is C[C@@H]1CCC[C@H](C)N1/N=C\c1ccc(N(C)C)c([N+](=O)[O-])c1. The molecular formula is C16H24N4O2. The highest BCUT2D eigenvalue weighted by atomic mass is 16.6. The molecule has 1 aliphatic rings. The lowest BCUT2D eigenvalue weighted by molar-refractivity contribution is -0.384. The van der Waals surface area contributed by atoms with Crippen LogP contribution in [-0.4, -0.2) is 42.3 Å². The van der Waals surface area contributed by atoms with Gasteiger partial charge in [-0.2, -0.15) is 5.10 Å². The molecule has 0 unspecified atom stereocenters. The standard InChI is InChI=1S/C16H24N4O2/c1-12-6-5-7-13(2)19(12)17-11-14-8-9-15(18(3)4)16(10-14)20(21)22/h8-13H,5-7H2,1-4H3/b17-11-/t12-,13+. The predicted octanol–water partition coefficient (Wildman–Crippen LogP) is 3.26. The third-order valence-electron chi connectivity index (χ3n) is 4.17. The first-order valence-corrected chi connectivity index (χ1v) is 7.68. The van der Waals surface area contributed by atoms with Gasteiger partial charge in [0, 0.05) is 37.8 Å². The summed E-state index contributed by atoms with van der Waals surface area (Å²) in [5.74, 6) is 0. The number of nitro benzene ring substituents is 1. The number of hydrogen-bond donors (Lipinski definition) is 0. The van der Waals surface area contributed by atoms with Gasteiger partial charge >= 0.3 is 0 Å². The molecule has 1 aliphatic heterocycles. The Balaban J connectivity index is 2.24. The van der Waals surface area contributed by atoms with Gasteiger partial charge in [-0.05, 0) is 39.2 Å². The molecule has 0 amide bonds. The lowest BCUT2D eigenvalue weighted by Gasteiger charge is -2.36. The van der Waals surface area contributed by atoms with E-state index in [2.05, 4.69) is 24.0 Å². The molecule has 0 radical (unpaired) electrons. The van der Waals surface area contributed by atoms with Crippen LogP contribution in [0.3, 0.4) is 0 Å². The molecular weight excluding hydrogens is 280 g/mol. The molecule has 1 aromatic rings. The van der Waals surface area contributed by atoms with E-state index in [1.165, 1.54) is 6.42 Å². The number of benzene rings is 1. The second kappa shape index (κ2) is 6.77. The number of hydrazone groups is 1. The Kier molecular flexibility index (Phi) is 5.00. The van der Waals surface area contributed by atoms with Crippen LogP contribution in [0.15, 0.2) is 23.3 Å². The summed E-state index contributed by atoms with van der Waals surface area (Å²) in [5.41, 5.74) is 1.46. The van der Waals surface area contributed by atoms with Crippen LogP contribution in [0.4, 0.5) is 11.4 Å². The average molecular weight is 304 g/mol. The summed E-state index contributed by atoms with van der Waals surface area (Å²) in [6, 6.07) is 6.04. The van der Waals surface area contributed by atoms with Crippen LogP contribution in [0.2, 0.25) is 0 Å². The van der Waals surface area contributed by atoms with Crippen molar-refractivity contribution in [1.82, 2.24) is 5.01 Å². The van der Waals surface area contributed by atoms with Crippen molar-refractivity contribution in [1.29, 1.82) is 0 Å². The monoisotopic (exact) mass is 304 g/mol. The minimum absolute atomic E-state index is 0.105. The van der Waals surface area contributed by atoms with Crippen LogP contribution in [0.1, 0.15) is 38.7 Å². The van der Waals surface area contributed by atoms with Crippen molar-refractivity contribution in [2.24, 2.45) is 5.10 Å². The quantitative estimate of drug-likeness (QED) is 0.486. The molecule has 0 aliphatic carbocycles. The van der Waals surface area contributed by atoms with E-state index in [1.807, 2.05) is 6.07 Å². The molecule has 0 bridgehead atoms. The highest BCUT2D eigenvalue weighted by Crippen LogP contribution is 2.27. The number of hydrogen-bond acceptors (Lipinski definition) is 5. The summed E-state index contributed by atoms with van der Waals surface area (Å²) < 4.78 is 0. The van der Waals surface area contributed by atoms with Gasteiger partial charge in [-0.25, -0.2) is 0 Å². The first-order valence-electron chi connectivity index (χ1n) is 7.68. The molecule has 1 heterocycles. The predicted molar refractivity (Wildman–Crippen MR) is 89.6 cm³/mol.